The molecule has 0 radical (unpaired) electrons. The van der Waals surface area contributed by atoms with Crippen LogP contribution in [0, 0.1) is 4.84 Å². The number of fused-ring (bicyclic) bond motifs is 1. The van der Waals surface area contributed by atoms with Gasteiger partial charge in [0.25, 0.3) is 4.84 Å². The third-order valence-corrected chi connectivity index (χ3v) is 1.90. The van der Waals surface area contributed by atoms with E-state index in [0.717, 1.165) is 16.8 Å². The molecular formula is C8H8N2OS. The molecule has 0 saturated carbocycles. The molecule has 0 atom stereocenters. The van der Waals surface area contributed by atoms with Crippen LogP contribution in [0.4, 0.5) is 5.69 Å². The van der Waals surface area contributed by atoms with E-state index in [1.54, 1.807) is 0 Å². The topological polar surface area (TPSA) is 41.0 Å². The van der Waals surface area contributed by atoms with Crippen LogP contribution in [0.25, 0.3) is 11.1 Å². The van der Waals surface area contributed by atoms with E-state index in [0.29, 0.717) is 4.84 Å². The van der Waals surface area contributed by atoms with Crippen molar-refractivity contribution in [3.63, 3.8) is 0 Å². The lowest BCUT2D eigenvalue weighted by Gasteiger charge is -1.96. The van der Waals surface area contributed by atoms with Gasteiger partial charge in [-0.3, -0.25) is 0 Å². The minimum absolute atomic E-state index is 0.415. The van der Waals surface area contributed by atoms with E-state index in [1.807, 2.05) is 25.2 Å². The minimum atomic E-state index is 0.415. The van der Waals surface area contributed by atoms with Crippen molar-refractivity contribution in [2.24, 2.45) is 0 Å². The van der Waals surface area contributed by atoms with Gasteiger partial charge in [0.1, 0.15) is 0 Å². The summed E-state index contributed by atoms with van der Waals surface area (Å²) in [5, 5.41) is 3.02. The Balaban J connectivity index is 2.74. The smallest absolute Gasteiger partial charge is 0.266 e. The van der Waals surface area contributed by atoms with Crippen LogP contribution in [-0.2, 0) is 0 Å². The summed E-state index contributed by atoms with van der Waals surface area (Å²) in [4.78, 5) is 3.35. The molecule has 0 saturated heterocycles. The molecule has 1 aromatic heterocycles. The van der Waals surface area contributed by atoms with E-state index >= 15 is 0 Å². The third kappa shape index (κ3) is 1.10. The summed E-state index contributed by atoms with van der Waals surface area (Å²) in [5.74, 6) is 0. The predicted octanol–water partition coefficient (Wildman–Crippen LogP) is 2.53. The summed E-state index contributed by atoms with van der Waals surface area (Å²) < 4.78 is 5.23. The van der Waals surface area contributed by atoms with Crippen LogP contribution in [-0.4, -0.2) is 12.0 Å². The van der Waals surface area contributed by atoms with Gasteiger partial charge in [-0.2, -0.15) is 0 Å². The molecule has 1 aromatic carbocycles. The van der Waals surface area contributed by atoms with Crippen LogP contribution in [0.3, 0.4) is 0 Å². The highest BCUT2D eigenvalue weighted by molar-refractivity contribution is 7.71. The molecule has 62 valence electrons. The van der Waals surface area contributed by atoms with Gasteiger partial charge in [0.15, 0.2) is 5.58 Å². The minimum Gasteiger partial charge on any atom is -0.429 e. The third-order valence-electron chi connectivity index (χ3n) is 1.71. The maximum absolute atomic E-state index is 5.23. The summed E-state index contributed by atoms with van der Waals surface area (Å²) in [6.45, 7) is 0. The first kappa shape index (κ1) is 7.36. The molecule has 0 amide bonds. The fourth-order valence-electron chi connectivity index (χ4n) is 1.10. The molecule has 0 aliphatic rings. The Hall–Kier alpha value is -1.29. The first-order valence-corrected chi connectivity index (χ1v) is 4.01. The van der Waals surface area contributed by atoms with Gasteiger partial charge in [-0.25, -0.2) is 0 Å². The number of anilines is 1. The Kier molecular flexibility index (Phi) is 1.62. The Morgan fingerprint density at radius 1 is 1.50 bits per heavy atom. The van der Waals surface area contributed by atoms with Crippen LogP contribution < -0.4 is 5.32 Å². The zero-order valence-corrected chi connectivity index (χ0v) is 7.37. The van der Waals surface area contributed by atoms with Crippen molar-refractivity contribution in [3.8, 4) is 0 Å². The number of benzene rings is 1. The first-order chi connectivity index (χ1) is 5.79. The van der Waals surface area contributed by atoms with Crippen LogP contribution in [0.1, 0.15) is 0 Å². The average Bonchev–Trinajstić information content (AvgIpc) is 2.43. The highest BCUT2D eigenvalue weighted by Crippen LogP contribution is 2.17. The highest BCUT2D eigenvalue weighted by atomic mass is 32.1. The van der Waals surface area contributed by atoms with Crippen molar-refractivity contribution >= 4 is 29.0 Å². The fraction of sp³-hybridized carbons (Fsp3) is 0.125. The van der Waals surface area contributed by atoms with Crippen molar-refractivity contribution in [3.05, 3.63) is 23.0 Å². The van der Waals surface area contributed by atoms with Crippen LogP contribution in [0.15, 0.2) is 22.6 Å². The van der Waals surface area contributed by atoms with Crippen LogP contribution >= 0.6 is 12.2 Å². The molecule has 12 heavy (non-hydrogen) atoms. The molecule has 0 aliphatic carbocycles. The zero-order valence-electron chi connectivity index (χ0n) is 6.55. The second-order valence-electron chi connectivity index (χ2n) is 2.48. The molecule has 2 N–H and O–H groups in total. The lowest BCUT2D eigenvalue weighted by atomic mass is 10.3. The van der Waals surface area contributed by atoms with E-state index < -0.39 is 0 Å². The summed E-state index contributed by atoms with van der Waals surface area (Å²) in [6.07, 6.45) is 0. The largest absolute Gasteiger partial charge is 0.429 e. The van der Waals surface area contributed by atoms with Gasteiger partial charge in [0.05, 0.1) is 5.52 Å². The Morgan fingerprint density at radius 2 is 2.33 bits per heavy atom. The number of H-pyrrole nitrogens is 1. The molecule has 1 heterocycles. The first-order valence-electron chi connectivity index (χ1n) is 3.60. The van der Waals surface area contributed by atoms with Gasteiger partial charge in [-0.05, 0) is 24.4 Å². The Labute approximate surface area is 74.4 Å². The molecular weight excluding hydrogens is 172 g/mol. The van der Waals surface area contributed by atoms with Gasteiger partial charge in [0.2, 0.25) is 0 Å². The maximum Gasteiger partial charge on any atom is 0.266 e. The lowest BCUT2D eigenvalue weighted by molar-refractivity contribution is 0.583. The predicted molar refractivity (Wildman–Crippen MR) is 50.9 cm³/mol. The highest BCUT2D eigenvalue weighted by Gasteiger charge is 1.98. The molecule has 2 aromatic rings. The number of hydrogen-bond donors (Lipinski definition) is 2. The zero-order chi connectivity index (χ0) is 8.55. The van der Waals surface area contributed by atoms with Crippen molar-refractivity contribution in [2.45, 2.75) is 0 Å². The van der Waals surface area contributed by atoms with E-state index in [-0.39, 0.29) is 0 Å². The SMILES string of the molecule is CNc1ccc2[nH]c(=S)oc2c1. The molecule has 0 bridgehead atoms. The second-order valence-corrected chi connectivity index (χ2v) is 2.85. The second kappa shape index (κ2) is 2.64. The molecule has 4 heteroatoms. The molecule has 0 aliphatic heterocycles. The summed E-state index contributed by atoms with van der Waals surface area (Å²) in [6, 6.07) is 5.80. The maximum atomic E-state index is 5.23. The number of aromatic amines is 1. The van der Waals surface area contributed by atoms with Crippen LogP contribution in [0.5, 0.6) is 0 Å². The lowest BCUT2D eigenvalue weighted by Crippen LogP contribution is -1.85. The van der Waals surface area contributed by atoms with Gasteiger partial charge in [-0.1, -0.05) is 0 Å². The summed E-state index contributed by atoms with van der Waals surface area (Å²) in [7, 11) is 1.86. The average molecular weight is 180 g/mol. The van der Waals surface area contributed by atoms with E-state index in [9.17, 15) is 0 Å². The Bertz CT molecular complexity index is 457. The standard InChI is InChI=1S/C8H8N2OS/c1-9-5-2-3-6-7(4-5)11-8(12)10-6/h2-4,9H,1H3,(H,10,12). The monoisotopic (exact) mass is 180 g/mol. The number of rotatable bonds is 1. The van der Waals surface area contributed by atoms with E-state index in [1.165, 1.54) is 0 Å². The van der Waals surface area contributed by atoms with Crippen molar-refractivity contribution in [1.29, 1.82) is 0 Å². The van der Waals surface area contributed by atoms with Crippen LogP contribution in [0.2, 0.25) is 0 Å². The number of nitrogens with one attached hydrogen (secondary N) is 2. The molecule has 0 spiro atoms. The van der Waals surface area contributed by atoms with E-state index in [2.05, 4.69) is 10.3 Å². The molecule has 2 rings (SSSR count). The molecule has 0 unspecified atom stereocenters. The number of oxazole rings is 1. The summed E-state index contributed by atoms with van der Waals surface area (Å²) in [5.41, 5.74) is 2.73. The molecule has 0 fully saturated rings. The quantitative estimate of drug-likeness (QED) is 0.662. The number of aromatic nitrogens is 1. The van der Waals surface area contributed by atoms with Gasteiger partial charge in [-0.15, -0.1) is 0 Å². The van der Waals surface area contributed by atoms with E-state index in [4.69, 9.17) is 16.6 Å². The van der Waals surface area contributed by atoms with Gasteiger partial charge >= 0.3 is 0 Å². The van der Waals surface area contributed by atoms with Crippen molar-refractivity contribution in [2.75, 3.05) is 12.4 Å². The molecule has 3 nitrogen and oxygen atoms in total. The number of hydrogen-bond acceptors (Lipinski definition) is 3. The van der Waals surface area contributed by atoms with Crippen molar-refractivity contribution in [1.82, 2.24) is 4.98 Å². The Morgan fingerprint density at radius 3 is 3.08 bits per heavy atom. The normalized spacial score (nSPS) is 10.4. The van der Waals surface area contributed by atoms with Gasteiger partial charge in [0, 0.05) is 18.8 Å². The summed E-state index contributed by atoms with van der Waals surface area (Å²) >= 11 is 4.85. The fourth-order valence-corrected chi connectivity index (χ4v) is 1.30. The van der Waals surface area contributed by atoms with Crippen molar-refractivity contribution < 1.29 is 4.42 Å². The van der Waals surface area contributed by atoms with Gasteiger partial charge < -0.3 is 14.7 Å².